The van der Waals surface area contributed by atoms with Gasteiger partial charge in [-0.3, -0.25) is 14.4 Å². The summed E-state index contributed by atoms with van der Waals surface area (Å²) in [4.78, 5) is 47.0. The van der Waals surface area contributed by atoms with E-state index in [1.54, 1.807) is 35.3 Å². The Bertz CT molecular complexity index is 1980. The van der Waals surface area contributed by atoms with E-state index in [9.17, 15) is 28.3 Å². The number of carbonyl (C=O) groups is 2. The Morgan fingerprint density at radius 2 is 1.57 bits per heavy atom. The van der Waals surface area contributed by atoms with Crippen molar-refractivity contribution in [1.29, 1.82) is 0 Å². The predicted octanol–water partition coefficient (Wildman–Crippen LogP) is 4.16. The third-order valence-electron chi connectivity index (χ3n) is 7.98. The fourth-order valence-corrected chi connectivity index (χ4v) is 5.49. The lowest BCUT2D eigenvalue weighted by atomic mass is 10.0. The molecule has 0 bridgehead atoms. The fraction of sp³-hybridized carbons (Fsp3) is 0.171. The maximum atomic E-state index is 14.5. The summed E-state index contributed by atoms with van der Waals surface area (Å²) < 4.78 is 30.8. The normalized spacial score (nSPS) is 13.5. The fourth-order valence-electron chi connectivity index (χ4n) is 5.49. The second-order valence-electron chi connectivity index (χ2n) is 11.1. The Morgan fingerprint density at radius 1 is 0.872 bits per heavy atom. The number of aliphatic hydroxyl groups excluding tert-OH is 1. The van der Waals surface area contributed by atoms with Crippen LogP contribution in [-0.4, -0.2) is 67.2 Å². The smallest absolute Gasteiger partial charge is 0.294 e. The molecule has 0 spiro atoms. The van der Waals surface area contributed by atoms with Gasteiger partial charge >= 0.3 is 0 Å². The van der Waals surface area contributed by atoms with E-state index in [4.69, 9.17) is 0 Å². The minimum absolute atomic E-state index is 0.136. The molecule has 6 rings (SSSR count). The molecule has 47 heavy (non-hydrogen) atoms. The molecule has 5 aromatic rings. The Balaban J connectivity index is 1.18. The van der Waals surface area contributed by atoms with Crippen LogP contribution in [0.3, 0.4) is 0 Å². The zero-order chi connectivity index (χ0) is 32.9. The van der Waals surface area contributed by atoms with Crippen molar-refractivity contribution in [2.24, 2.45) is 0 Å². The maximum Gasteiger partial charge on any atom is 0.294 e. The lowest BCUT2D eigenvalue weighted by Crippen LogP contribution is -2.50. The number of halogens is 2. The molecular formula is C35H30F2N6O4. The van der Waals surface area contributed by atoms with E-state index < -0.39 is 34.6 Å². The van der Waals surface area contributed by atoms with Crippen molar-refractivity contribution in [1.82, 2.24) is 24.2 Å². The van der Waals surface area contributed by atoms with Gasteiger partial charge in [0.1, 0.15) is 30.0 Å². The van der Waals surface area contributed by atoms with Gasteiger partial charge in [0.05, 0.1) is 17.8 Å². The average molecular weight is 637 g/mol. The Morgan fingerprint density at radius 3 is 2.26 bits per heavy atom. The third-order valence-corrected chi connectivity index (χ3v) is 7.98. The zero-order valence-electron chi connectivity index (χ0n) is 25.2. The quantitative estimate of drug-likeness (QED) is 0.147. The number of anilines is 1. The summed E-state index contributed by atoms with van der Waals surface area (Å²) in [5.41, 5.74) is 2.45. The summed E-state index contributed by atoms with van der Waals surface area (Å²) in [7, 11) is 0. The number of amides is 1. The number of benzene rings is 3. The van der Waals surface area contributed by atoms with Crippen molar-refractivity contribution >= 4 is 23.1 Å². The summed E-state index contributed by atoms with van der Waals surface area (Å²) >= 11 is 0. The topological polar surface area (TPSA) is 114 Å². The molecule has 2 aromatic heterocycles. The van der Waals surface area contributed by atoms with Gasteiger partial charge in [-0.15, -0.1) is 0 Å². The number of ketones is 1. The number of aromatic nitrogens is 4. The van der Waals surface area contributed by atoms with Crippen LogP contribution in [0, 0.1) is 11.6 Å². The van der Waals surface area contributed by atoms with E-state index in [1.807, 2.05) is 24.3 Å². The van der Waals surface area contributed by atoms with Gasteiger partial charge in [-0.25, -0.2) is 18.4 Å². The average Bonchev–Trinajstić information content (AvgIpc) is 3.63. The molecule has 238 valence electrons. The molecule has 1 N–H and O–H groups in total. The van der Waals surface area contributed by atoms with Crippen LogP contribution in [0.5, 0.6) is 0 Å². The molecule has 10 nitrogen and oxygen atoms in total. The maximum absolute atomic E-state index is 14.5. The van der Waals surface area contributed by atoms with E-state index in [-0.39, 0.29) is 37.2 Å². The molecule has 1 aliphatic rings. The standard InChI is InChI=1S/C35H30F2N6O4/c36-27-7-5-24(6-8-27)17-25-18-30(34(46)42(20-25)21-26-3-1-2-4-31(26)37)32(44)19-33(45)35(47)41-15-13-40(14-16-41)28-9-11-29(12-10-28)43-23-38-22-39-43/h1-12,18-20,22-23,44H,13-17,21H2/b32-19+. The molecule has 0 aliphatic carbocycles. The first-order chi connectivity index (χ1) is 22.7. The highest BCUT2D eigenvalue weighted by Gasteiger charge is 2.26. The number of piperazine rings is 1. The van der Waals surface area contributed by atoms with Gasteiger partial charge in [0, 0.05) is 49.7 Å². The number of pyridine rings is 1. The van der Waals surface area contributed by atoms with Gasteiger partial charge in [0.15, 0.2) is 0 Å². The number of hydrogen-bond donors (Lipinski definition) is 1. The van der Waals surface area contributed by atoms with Crippen molar-refractivity contribution in [3.8, 4) is 5.69 Å². The largest absolute Gasteiger partial charge is 0.507 e. The Labute approximate surface area is 268 Å². The molecule has 0 radical (unpaired) electrons. The van der Waals surface area contributed by atoms with Crippen LogP contribution in [0.25, 0.3) is 11.4 Å². The monoisotopic (exact) mass is 636 g/mol. The lowest BCUT2D eigenvalue weighted by molar-refractivity contribution is -0.142. The molecule has 1 fully saturated rings. The van der Waals surface area contributed by atoms with Crippen molar-refractivity contribution in [3.63, 3.8) is 0 Å². The van der Waals surface area contributed by atoms with E-state index in [2.05, 4.69) is 15.0 Å². The van der Waals surface area contributed by atoms with E-state index in [0.717, 1.165) is 23.0 Å². The lowest BCUT2D eigenvalue weighted by Gasteiger charge is -2.35. The number of aliphatic hydroxyl groups is 1. The van der Waals surface area contributed by atoms with Crippen LogP contribution in [0.4, 0.5) is 14.5 Å². The molecule has 12 heteroatoms. The summed E-state index contributed by atoms with van der Waals surface area (Å²) in [5.74, 6) is -3.36. The second-order valence-corrected chi connectivity index (χ2v) is 11.1. The molecule has 0 atom stereocenters. The van der Waals surface area contributed by atoms with Crippen molar-refractivity contribution < 1.29 is 23.5 Å². The summed E-state index contributed by atoms with van der Waals surface area (Å²) in [6.45, 7) is 1.41. The second kappa shape index (κ2) is 13.6. The molecule has 0 unspecified atom stereocenters. The van der Waals surface area contributed by atoms with E-state index >= 15 is 0 Å². The van der Waals surface area contributed by atoms with Crippen LogP contribution in [0.1, 0.15) is 22.3 Å². The number of rotatable bonds is 9. The van der Waals surface area contributed by atoms with Crippen LogP contribution in [-0.2, 0) is 22.6 Å². The molecular weight excluding hydrogens is 606 g/mol. The van der Waals surface area contributed by atoms with E-state index in [0.29, 0.717) is 18.7 Å². The summed E-state index contributed by atoms with van der Waals surface area (Å²) in [5, 5.41) is 15.1. The first kappa shape index (κ1) is 31.1. The Hall–Kier alpha value is -5.91. The highest BCUT2D eigenvalue weighted by molar-refractivity contribution is 6.41. The summed E-state index contributed by atoms with van der Waals surface area (Å²) in [6.07, 6.45) is 5.61. The number of hydrogen-bond acceptors (Lipinski definition) is 7. The minimum atomic E-state index is -0.975. The molecule has 3 aromatic carbocycles. The van der Waals surface area contributed by atoms with E-state index in [1.165, 1.54) is 52.3 Å². The van der Waals surface area contributed by atoms with Crippen LogP contribution >= 0.6 is 0 Å². The van der Waals surface area contributed by atoms with Crippen LogP contribution in [0.15, 0.2) is 109 Å². The minimum Gasteiger partial charge on any atom is -0.507 e. The van der Waals surface area contributed by atoms with Gasteiger partial charge in [-0.1, -0.05) is 30.3 Å². The van der Waals surface area contributed by atoms with Crippen molar-refractivity contribution in [3.05, 3.63) is 148 Å². The summed E-state index contributed by atoms with van der Waals surface area (Å²) in [6, 6.07) is 20.9. The first-order valence-corrected chi connectivity index (χ1v) is 14.9. The first-order valence-electron chi connectivity index (χ1n) is 14.9. The van der Waals surface area contributed by atoms with Gasteiger partial charge in [-0.2, -0.15) is 5.10 Å². The molecule has 1 aliphatic heterocycles. The van der Waals surface area contributed by atoms with Crippen LogP contribution < -0.4 is 10.5 Å². The molecule has 1 saturated heterocycles. The molecule has 0 saturated carbocycles. The van der Waals surface area contributed by atoms with Crippen LogP contribution in [0.2, 0.25) is 0 Å². The predicted molar refractivity (Wildman–Crippen MR) is 171 cm³/mol. The van der Waals surface area contributed by atoms with Gasteiger partial charge in [-0.05, 0) is 66.1 Å². The van der Waals surface area contributed by atoms with Gasteiger partial charge < -0.3 is 19.5 Å². The third kappa shape index (κ3) is 7.17. The Kier molecular flexibility index (Phi) is 9.00. The van der Waals surface area contributed by atoms with Gasteiger partial charge in [0.25, 0.3) is 11.5 Å². The molecule has 1 amide bonds. The highest BCUT2D eigenvalue weighted by Crippen LogP contribution is 2.20. The van der Waals surface area contributed by atoms with Gasteiger partial charge in [0.2, 0.25) is 5.78 Å². The molecule has 3 heterocycles. The van der Waals surface area contributed by atoms with Crippen molar-refractivity contribution in [2.75, 3.05) is 31.1 Å². The highest BCUT2D eigenvalue weighted by atomic mass is 19.1. The van der Waals surface area contributed by atoms with Crippen molar-refractivity contribution in [2.45, 2.75) is 13.0 Å². The number of carbonyl (C=O) groups excluding carboxylic acids is 2. The zero-order valence-corrected chi connectivity index (χ0v) is 25.2. The number of nitrogens with zero attached hydrogens (tertiary/aromatic N) is 6. The SMILES string of the molecule is O=C(/C=C(/O)c1cc(Cc2ccc(F)cc2)cn(Cc2ccccc2F)c1=O)C(=O)N1CCN(c2ccc(-n3cncn3)cc2)CC1.